The van der Waals surface area contributed by atoms with E-state index in [0.29, 0.717) is 13.1 Å². The standard InChI is InChI=1S/C11H13NO3/c1-3-6-12(8-11(13)14)7-10-5-4-9(2)15-10/h1,4-5H,6-8H2,2H3,(H,13,14). The largest absolute Gasteiger partial charge is 0.480 e. The zero-order valence-electron chi connectivity index (χ0n) is 8.56. The average molecular weight is 207 g/mol. The van der Waals surface area contributed by atoms with Crippen molar-refractivity contribution in [2.45, 2.75) is 13.5 Å². The molecule has 0 aliphatic carbocycles. The Bertz CT molecular complexity index is 375. The van der Waals surface area contributed by atoms with Crippen LogP contribution in [0.4, 0.5) is 0 Å². The molecule has 0 spiro atoms. The molecule has 1 N–H and O–H groups in total. The highest BCUT2D eigenvalue weighted by molar-refractivity contribution is 5.69. The topological polar surface area (TPSA) is 53.7 Å². The predicted octanol–water partition coefficient (Wildman–Crippen LogP) is 1.11. The van der Waals surface area contributed by atoms with E-state index in [0.717, 1.165) is 11.5 Å². The highest BCUT2D eigenvalue weighted by Crippen LogP contribution is 2.09. The van der Waals surface area contributed by atoms with E-state index in [1.165, 1.54) is 0 Å². The first kappa shape index (κ1) is 11.3. The van der Waals surface area contributed by atoms with Crippen molar-refractivity contribution in [2.24, 2.45) is 0 Å². The number of hydrogen-bond donors (Lipinski definition) is 1. The number of carboxylic acids is 1. The van der Waals surface area contributed by atoms with Gasteiger partial charge in [-0.25, -0.2) is 0 Å². The van der Waals surface area contributed by atoms with Crippen LogP contribution in [0.15, 0.2) is 16.5 Å². The van der Waals surface area contributed by atoms with Gasteiger partial charge in [0.1, 0.15) is 11.5 Å². The third kappa shape index (κ3) is 3.88. The van der Waals surface area contributed by atoms with Gasteiger partial charge in [-0.3, -0.25) is 9.69 Å². The average Bonchev–Trinajstić information content (AvgIpc) is 2.50. The van der Waals surface area contributed by atoms with E-state index < -0.39 is 5.97 Å². The molecule has 0 unspecified atom stereocenters. The van der Waals surface area contributed by atoms with Crippen LogP contribution in [0.3, 0.4) is 0 Å². The Hall–Kier alpha value is -1.73. The molecule has 0 atom stereocenters. The van der Waals surface area contributed by atoms with Crippen molar-refractivity contribution in [2.75, 3.05) is 13.1 Å². The normalized spacial score (nSPS) is 10.2. The molecule has 0 fully saturated rings. The highest BCUT2D eigenvalue weighted by Gasteiger charge is 2.10. The molecule has 0 saturated heterocycles. The predicted molar refractivity (Wildman–Crippen MR) is 55.2 cm³/mol. The van der Waals surface area contributed by atoms with Crippen LogP contribution in [0.2, 0.25) is 0 Å². The summed E-state index contributed by atoms with van der Waals surface area (Å²) in [4.78, 5) is 12.2. The van der Waals surface area contributed by atoms with Crippen LogP contribution in [0.1, 0.15) is 11.5 Å². The first-order valence-electron chi connectivity index (χ1n) is 4.54. The van der Waals surface area contributed by atoms with Crippen molar-refractivity contribution in [3.8, 4) is 12.3 Å². The molecule has 1 aromatic heterocycles. The van der Waals surface area contributed by atoms with E-state index in [4.69, 9.17) is 15.9 Å². The maximum Gasteiger partial charge on any atom is 0.317 e. The second-order valence-corrected chi connectivity index (χ2v) is 3.26. The number of aliphatic carboxylic acids is 1. The molecule has 80 valence electrons. The van der Waals surface area contributed by atoms with Crippen LogP contribution < -0.4 is 0 Å². The summed E-state index contributed by atoms with van der Waals surface area (Å²) >= 11 is 0. The fraction of sp³-hybridized carbons (Fsp3) is 0.364. The van der Waals surface area contributed by atoms with Crippen LogP contribution in [0.5, 0.6) is 0 Å². The zero-order valence-corrected chi connectivity index (χ0v) is 8.56. The molecule has 1 rings (SSSR count). The summed E-state index contributed by atoms with van der Waals surface area (Å²) in [5.41, 5.74) is 0. The molecule has 15 heavy (non-hydrogen) atoms. The molecule has 0 aromatic carbocycles. The van der Waals surface area contributed by atoms with Gasteiger partial charge in [0.25, 0.3) is 0 Å². The Labute approximate surface area is 88.5 Å². The second kappa shape index (κ2) is 5.23. The molecule has 1 heterocycles. The van der Waals surface area contributed by atoms with Crippen LogP contribution in [-0.4, -0.2) is 29.1 Å². The Morgan fingerprint density at radius 1 is 1.67 bits per heavy atom. The van der Waals surface area contributed by atoms with E-state index in [-0.39, 0.29) is 6.54 Å². The molecular formula is C11H13NO3. The molecule has 4 heteroatoms. The Morgan fingerprint density at radius 2 is 2.40 bits per heavy atom. The number of hydrogen-bond acceptors (Lipinski definition) is 3. The summed E-state index contributed by atoms with van der Waals surface area (Å²) in [6.45, 7) is 2.48. The van der Waals surface area contributed by atoms with E-state index in [2.05, 4.69) is 5.92 Å². The van der Waals surface area contributed by atoms with Crippen molar-refractivity contribution in [1.82, 2.24) is 4.90 Å². The number of terminal acetylenes is 1. The lowest BCUT2D eigenvalue weighted by Gasteiger charge is -2.15. The number of nitrogens with zero attached hydrogens (tertiary/aromatic N) is 1. The first-order valence-corrected chi connectivity index (χ1v) is 4.54. The maximum atomic E-state index is 10.5. The van der Waals surface area contributed by atoms with Crippen LogP contribution >= 0.6 is 0 Å². The summed E-state index contributed by atoms with van der Waals surface area (Å²) < 4.78 is 5.34. The SMILES string of the molecule is C#CCN(CC(=O)O)Cc1ccc(C)o1. The van der Waals surface area contributed by atoms with Gasteiger partial charge < -0.3 is 9.52 Å². The quantitative estimate of drug-likeness (QED) is 0.735. The maximum absolute atomic E-state index is 10.5. The number of rotatable bonds is 5. The number of carbonyl (C=O) groups is 1. The molecule has 0 aliphatic rings. The smallest absolute Gasteiger partial charge is 0.317 e. The third-order valence-electron chi connectivity index (χ3n) is 1.85. The van der Waals surface area contributed by atoms with Crippen molar-refractivity contribution < 1.29 is 14.3 Å². The zero-order chi connectivity index (χ0) is 11.3. The Kier molecular flexibility index (Phi) is 3.95. The summed E-state index contributed by atoms with van der Waals surface area (Å²) in [7, 11) is 0. The first-order chi connectivity index (χ1) is 7.11. The van der Waals surface area contributed by atoms with Crippen molar-refractivity contribution in [3.63, 3.8) is 0 Å². The van der Waals surface area contributed by atoms with Gasteiger partial charge in [-0.2, -0.15) is 0 Å². The van der Waals surface area contributed by atoms with E-state index in [9.17, 15) is 4.79 Å². The van der Waals surface area contributed by atoms with Gasteiger partial charge in [-0.15, -0.1) is 6.42 Å². The molecular weight excluding hydrogens is 194 g/mol. The molecule has 4 nitrogen and oxygen atoms in total. The van der Waals surface area contributed by atoms with Gasteiger partial charge in [0.2, 0.25) is 0 Å². The minimum atomic E-state index is -0.895. The lowest BCUT2D eigenvalue weighted by atomic mass is 10.3. The molecule has 0 radical (unpaired) electrons. The van der Waals surface area contributed by atoms with Crippen molar-refractivity contribution in [3.05, 3.63) is 23.7 Å². The van der Waals surface area contributed by atoms with Gasteiger partial charge in [-0.1, -0.05) is 5.92 Å². The van der Waals surface area contributed by atoms with E-state index in [1.54, 1.807) is 4.90 Å². The van der Waals surface area contributed by atoms with Gasteiger partial charge in [-0.05, 0) is 19.1 Å². The Balaban J connectivity index is 2.58. The van der Waals surface area contributed by atoms with E-state index in [1.807, 2.05) is 19.1 Å². The second-order valence-electron chi connectivity index (χ2n) is 3.26. The van der Waals surface area contributed by atoms with Gasteiger partial charge in [0.05, 0.1) is 19.6 Å². The van der Waals surface area contributed by atoms with Gasteiger partial charge in [0.15, 0.2) is 0 Å². The molecule has 0 bridgehead atoms. The summed E-state index contributed by atoms with van der Waals surface area (Å²) in [5.74, 6) is 3.06. The fourth-order valence-corrected chi connectivity index (χ4v) is 1.28. The van der Waals surface area contributed by atoms with Crippen LogP contribution in [-0.2, 0) is 11.3 Å². The number of carboxylic acid groups (broad SMARTS) is 1. The summed E-state index contributed by atoms with van der Waals surface area (Å²) in [6.07, 6.45) is 5.15. The highest BCUT2D eigenvalue weighted by atomic mass is 16.4. The van der Waals surface area contributed by atoms with Gasteiger partial charge >= 0.3 is 5.97 Å². The molecule has 0 saturated carbocycles. The molecule has 0 amide bonds. The van der Waals surface area contributed by atoms with Gasteiger partial charge in [0, 0.05) is 0 Å². The minimum absolute atomic E-state index is 0.0794. The van der Waals surface area contributed by atoms with Crippen LogP contribution in [0, 0.1) is 19.3 Å². The van der Waals surface area contributed by atoms with Crippen molar-refractivity contribution >= 4 is 5.97 Å². The van der Waals surface area contributed by atoms with Crippen molar-refractivity contribution in [1.29, 1.82) is 0 Å². The molecule has 0 aliphatic heterocycles. The molecule has 1 aromatic rings. The monoisotopic (exact) mass is 207 g/mol. The fourth-order valence-electron chi connectivity index (χ4n) is 1.28. The van der Waals surface area contributed by atoms with E-state index >= 15 is 0 Å². The van der Waals surface area contributed by atoms with Crippen LogP contribution in [0.25, 0.3) is 0 Å². The lowest BCUT2D eigenvalue weighted by Crippen LogP contribution is -2.29. The summed E-state index contributed by atoms with van der Waals surface area (Å²) in [5, 5.41) is 8.65. The number of aryl methyl sites for hydroxylation is 1. The summed E-state index contributed by atoms with van der Waals surface area (Å²) in [6, 6.07) is 3.66. The third-order valence-corrected chi connectivity index (χ3v) is 1.85. The Morgan fingerprint density at radius 3 is 2.87 bits per heavy atom. The lowest BCUT2D eigenvalue weighted by molar-refractivity contribution is -0.138. The minimum Gasteiger partial charge on any atom is -0.480 e. The number of furan rings is 1.